The van der Waals surface area contributed by atoms with Crippen LogP contribution in [0.5, 0.6) is 0 Å². The van der Waals surface area contributed by atoms with Crippen LogP contribution in [0, 0.1) is 0 Å². The highest BCUT2D eigenvalue weighted by Crippen LogP contribution is 2.12. The summed E-state index contributed by atoms with van der Waals surface area (Å²) in [5, 5.41) is 31.4. The molecule has 5 nitrogen and oxygen atoms in total. The van der Waals surface area contributed by atoms with Crippen molar-refractivity contribution < 1.29 is 20.1 Å². The maximum atomic E-state index is 11.0. The van der Waals surface area contributed by atoms with E-state index in [4.69, 9.17) is 5.11 Å². The second-order valence-corrected chi connectivity index (χ2v) is 6.90. The number of carbonyl (C=O) groups excluding carboxylic acids is 1. The molecule has 25 heavy (non-hydrogen) atoms. The van der Waals surface area contributed by atoms with E-state index in [0.717, 1.165) is 12.8 Å². The summed E-state index contributed by atoms with van der Waals surface area (Å²) in [5.41, 5.74) is 0. The van der Waals surface area contributed by atoms with Crippen molar-refractivity contribution in [2.45, 2.75) is 103 Å². The summed E-state index contributed by atoms with van der Waals surface area (Å²) in [6.07, 6.45) is 14.6. The SMILES string of the molecule is CCCCCCCCCCCCC(O)/C=C/[C@@H](O)[C@H](CO)NC(C)=O. The highest BCUT2D eigenvalue weighted by atomic mass is 16.3. The number of carbonyl (C=O) groups is 1. The smallest absolute Gasteiger partial charge is 0.217 e. The first kappa shape index (κ1) is 24.1. The Kier molecular flexibility index (Phi) is 16.0. The number of aliphatic hydroxyl groups excluding tert-OH is 3. The van der Waals surface area contributed by atoms with Crippen LogP contribution in [0.2, 0.25) is 0 Å². The van der Waals surface area contributed by atoms with Gasteiger partial charge in [0.2, 0.25) is 5.91 Å². The number of nitrogens with one attached hydrogen (secondary N) is 1. The molecule has 0 spiro atoms. The lowest BCUT2D eigenvalue weighted by molar-refractivity contribution is -0.120. The van der Waals surface area contributed by atoms with Crippen LogP contribution >= 0.6 is 0 Å². The number of hydrogen-bond acceptors (Lipinski definition) is 4. The molecule has 0 aliphatic heterocycles. The summed E-state index contributed by atoms with van der Waals surface area (Å²) < 4.78 is 0. The molecule has 0 fully saturated rings. The van der Waals surface area contributed by atoms with Crippen molar-refractivity contribution in [1.29, 1.82) is 0 Å². The molecule has 0 aromatic rings. The van der Waals surface area contributed by atoms with Gasteiger partial charge < -0.3 is 20.6 Å². The number of amides is 1. The van der Waals surface area contributed by atoms with Gasteiger partial charge in [-0.3, -0.25) is 4.79 Å². The second kappa shape index (κ2) is 16.6. The van der Waals surface area contributed by atoms with E-state index in [0.29, 0.717) is 6.42 Å². The van der Waals surface area contributed by atoms with Crippen molar-refractivity contribution in [1.82, 2.24) is 5.32 Å². The Morgan fingerprint density at radius 2 is 1.44 bits per heavy atom. The van der Waals surface area contributed by atoms with Gasteiger partial charge in [-0.25, -0.2) is 0 Å². The van der Waals surface area contributed by atoms with E-state index in [1.165, 1.54) is 64.4 Å². The lowest BCUT2D eigenvalue weighted by Crippen LogP contribution is -2.44. The first-order chi connectivity index (χ1) is 12.0. The van der Waals surface area contributed by atoms with Crippen molar-refractivity contribution in [3.8, 4) is 0 Å². The molecule has 0 aliphatic rings. The van der Waals surface area contributed by atoms with Crippen LogP contribution in [0.1, 0.15) is 84.5 Å². The summed E-state index contributed by atoms with van der Waals surface area (Å²) >= 11 is 0. The van der Waals surface area contributed by atoms with E-state index in [1.54, 1.807) is 6.08 Å². The molecule has 5 heteroatoms. The third-order valence-electron chi connectivity index (χ3n) is 4.38. The molecule has 0 aliphatic carbocycles. The van der Waals surface area contributed by atoms with Gasteiger partial charge in [-0.15, -0.1) is 0 Å². The van der Waals surface area contributed by atoms with Gasteiger partial charge in [0.1, 0.15) is 0 Å². The zero-order valence-electron chi connectivity index (χ0n) is 16.1. The Labute approximate surface area is 153 Å². The fraction of sp³-hybridized carbons (Fsp3) is 0.850. The Morgan fingerprint density at radius 1 is 0.920 bits per heavy atom. The van der Waals surface area contributed by atoms with E-state index < -0.39 is 18.2 Å². The van der Waals surface area contributed by atoms with Crippen molar-refractivity contribution in [2.75, 3.05) is 6.61 Å². The van der Waals surface area contributed by atoms with Gasteiger partial charge in [-0.1, -0.05) is 83.3 Å². The zero-order chi connectivity index (χ0) is 18.9. The monoisotopic (exact) mass is 357 g/mol. The fourth-order valence-corrected chi connectivity index (χ4v) is 2.81. The molecule has 0 radical (unpaired) electrons. The predicted molar refractivity (Wildman–Crippen MR) is 102 cm³/mol. The second-order valence-electron chi connectivity index (χ2n) is 6.90. The molecule has 148 valence electrons. The normalized spacial score (nSPS) is 15.2. The van der Waals surface area contributed by atoms with Crippen LogP contribution in [-0.4, -0.2) is 46.1 Å². The minimum Gasteiger partial charge on any atom is -0.394 e. The number of aliphatic hydroxyl groups is 3. The topological polar surface area (TPSA) is 89.8 Å². The minimum atomic E-state index is -1.00. The fourth-order valence-electron chi connectivity index (χ4n) is 2.81. The maximum Gasteiger partial charge on any atom is 0.217 e. The molecular weight excluding hydrogens is 318 g/mol. The summed E-state index contributed by atoms with van der Waals surface area (Å²) in [5.74, 6) is -0.308. The number of rotatable bonds is 16. The van der Waals surface area contributed by atoms with E-state index >= 15 is 0 Å². The van der Waals surface area contributed by atoms with Gasteiger partial charge >= 0.3 is 0 Å². The van der Waals surface area contributed by atoms with Crippen molar-refractivity contribution in [3.63, 3.8) is 0 Å². The van der Waals surface area contributed by atoms with E-state index in [1.807, 2.05) is 0 Å². The molecule has 1 amide bonds. The van der Waals surface area contributed by atoms with Crippen LogP contribution in [0.4, 0.5) is 0 Å². The van der Waals surface area contributed by atoms with Gasteiger partial charge in [0, 0.05) is 6.92 Å². The van der Waals surface area contributed by atoms with E-state index in [2.05, 4.69) is 12.2 Å². The average Bonchev–Trinajstić information content (AvgIpc) is 2.59. The molecule has 0 aromatic heterocycles. The van der Waals surface area contributed by atoms with Crippen molar-refractivity contribution >= 4 is 5.91 Å². The molecule has 3 atom stereocenters. The van der Waals surface area contributed by atoms with E-state index in [9.17, 15) is 15.0 Å². The van der Waals surface area contributed by atoms with Crippen molar-refractivity contribution in [3.05, 3.63) is 12.2 Å². The standard InChI is InChI=1S/C20H39NO4/c1-3-4-5-6-7-8-9-10-11-12-13-18(24)14-15-20(25)19(16-22)21-17(2)23/h14-15,18-20,22,24-25H,3-13,16H2,1-2H3,(H,21,23)/b15-14+/t18?,19-,20+/m0/s1. The van der Waals surface area contributed by atoms with Crippen LogP contribution < -0.4 is 5.32 Å². The highest BCUT2D eigenvalue weighted by Gasteiger charge is 2.16. The summed E-state index contributed by atoms with van der Waals surface area (Å²) in [6, 6.07) is -0.738. The molecular formula is C20H39NO4. The summed E-state index contributed by atoms with van der Waals surface area (Å²) in [4.78, 5) is 11.0. The summed E-state index contributed by atoms with van der Waals surface area (Å²) in [7, 11) is 0. The zero-order valence-corrected chi connectivity index (χ0v) is 16.1. The lowest BCUT2D eigenvalue weighted by Gasteiger charge is -2.19. The van der Waals surface area contributed by atoms with Crippen LogP contribution in [-0.2, 0) is 4.79 Å². The van der Waals surface area contributed by atoms with Crippen molar-refractivity contribution in [2.24, 2.45) is 0 Å². The van der Waals surface area contributed by atoms with Gasteiger partial charge in [0.25, 0.3) is 0 Å². The average molecular weight is 358 g/mol. The minimum absolute atomic E-state index is 0.308. The molecule has 4 N–H and O–H groups in total. The van der Waals surface area contributed by atoms with Gasteiger partial charge in [-0.2, -0.15) is 0 Å². The third kappa shape index (κ3) is 15.1. The molecule has 0 saturated carbocycles. The van der Waals surface area contributed by atoms with Crippen LogP contribution in [0.3, 0.4) is 0 Å². The van der Waals surface area contributed by atoms with Gasteiger partial charge in [0.05, 0.1) is 24.9 Å². The first-order valence-electron chi connectivity index (χ1n) is 9.93. The lowest BCUT2D eigenvalue weighted by atomic mass is 10.0. The Balaban J connectivity index is 3.68. The predicted octanol–water partition coefficient (Wildman–Crippen LogP) is 3.07. The quantitative estimate of drug-likeness (QED) is 0.252. The Hall–Kier alpha value is -0.910. The Bertz CT molecular complexity index is 347. The molecule has 0 rings (SSSR count). The summed E-state index contributed by atoms with van der Waals surface area (Å²) in [6.45, 7) is 3.22. The highest BCUT2D eigenvalue weighted by molar-refractivity contribution is 5.73. The van der Waals surface area contributed by atoms with Crippen LogP contribution in [0.15, 0.2) is 12.2 Å². The van der Waals surface area contributed by atoms with Gasteiger partial charge in [0.15, 0.2) is 0 Å². The van der Waals surface area contributed by atoms with Crippen LogP contribution in [0.25, 0.3) is 0 Å². The van der Waals surface area contributed by atoms with Gasteiger partial charge in [-0.05, 0) is 6.42 Å². The largest absolute Gasteiger partial charge is 0.394 e. The molecule has 0 aromatic carbocycles. The molecule has 0 bridgehead atoms. The molecule has 0 heterocycles. The number of unbranched alkanes of at least 4 members (excludes halogenated alkanes) is 9. The Morgan fingerprint density at radius 3 is 1.92 bits per heavy atom. The van der Waals surface area contributed by atoms with E-state index in [-0.39, 0.29) is 12.5 Å². The number of hydrogen-bond donors (Lipinski definition) is 4. The first-order valence-corrected chi connectivity index (χ1v) is 9.93. The maximum absolute atomic E-state index is 11.0. The third-order valence-corrected chi connectivity index (χ3v) is 4.38. The molecule has 1 unspecified atom stereocenters. The molecule has 0 saturated heterocycles.